The van der Waals surface area contributed by atoms with Crippen LogP contribution in [0.25, 0.3) is 0 Å². The van der Waals surface area contributed by atoms with E-state index in [1.54, 1.807) is 0 Å². The molecule has 0 heterocycles. The van der Waals surface area contributed by atoms with Crippen molar-refractivity contribution >= 4 is 5.97 Å². The number of hydrogen-bond acceptors (Lipinski definition) is 4. The maximum Gasteiger partial charge on any atom is 0.309 e. The molecule has 0 aliphatic rings. The molecule has 0 radical (unpaired) electrons. The summed E-state index contributed by atoms with van der Waals surface area (Å²) >= 11 is 0. The average Bonchev–Trinajstić information content (AvgIpc) is 2.86. The molecule has 0 rings (SSSR count). The standard InChI is InChI=1S/C27H54O2.C3H8O3/c1-4-7-10-13-16-19-22-25-27(26(28)29,23-20-17-14-11-8-5-2)24-21-18-15-12-9-6-3;4-1-3(6)2-5/h4-25H2,1-3H3,(H,28,29);3-6H,1-2H2. The first kappa shape index (κ1) is 36.5. The van der Waals surface area contributed by atoms with Crippen molar-refractivity contribution in [2.75, 3.05) is 13.2 Å². The number of unbranched alkanes of at least 4 members (excludes halogenated alkanes) is 16. The van der Waals surface area contributed by atoms with Gasteiger partial charge in [0.25, 0.3) is 0 Å². The second kappa shape index (κ2) is 27.9. The third-order valence-electron chi connectivity index (χ3n) is 7.15. The van der Waals surface area contributed by atoms with Gasteiger partial charge in [-0.15, -0.1) is 0 Å². The van der Waals surface area contributed by atoms with Gasteiger partial charge in [0.15, 0.2) is 0 Å². The van der Waals surface area contributed by atoms with E-state index in [0.717, 1.165) is 38.5 Å². The summed E-state index contributed by atoms with van der Waals surface area (Å²) in [5.41, 5.74) is -0.446. The van der Waals surface area contributed by atoms with Crippen LogP contribution in [-0.4, -0.2) is 45.7 Å². The van der Waals surface area contributed by atoms with Crippen molar-refractivity contribution in [2.24, 2.45) is 5.41 Å². The van der Waals surface area contributed by atoms with Gasteiger partial charge in [0.1, 0.15) is 6.10 Å². The number of carboxylic acid groups (broad SMARTS) is 1. The maximum atomic E-state index is 12.4. The fourth-order valence-electron chi connectivity index (χ4n) is 4.66. The second-order valence-corrected chi connectivity index (χ2v) is 10.5. The van der Waals surface area contributed by atoms with E-state index in [9.17, 15) is 9.90 Å². The lowest BCUT2D eigenvalue weighted by molar-refractivity contribution is -0.150. The van der Waals surface area contributed by atoms with Crippen LogP contribution in [0.1, 0.15) is 162 Å². The second-order valence-electron chi connectivity index (χ2n) is 10.5. The van der Waals surface area contributed by atoms with Crippen LogP contribution in [0.2, 0.25) is 0 Å². The topological polar surface area (TPSA) is 98.0 Å². The van der Waals surface area contributed by atoms with Gasteiger partial charge in [-0.05, 0) is 19.3 Å². The van der Waals surface area contributed by atoms with E-state index in [1.165, 1.54) is 103 Å². The van der Waals surface area contributed by atoms with E-state index < -0.39 is 17.5 Å². The molecule has 0 aliphatic heterocycles. The number of aliphatic hydroxyl groups is 3. The summed E-state index contributed by atoms with van der Waals surface area (Å²) in [6.45, 7) is 6.02. The molecule has 0 atom stereocenters. The van der Waals surface area contributed by atoms with Crippen LogP contribution in [0, 0.1) is 5.41 Å². The number of carboxylic acids is 1. The van der Waals surface area contributed by atoms with Crippen LogP contribution in [0.4, 0.5) is 0 Å². The Morgan fingerprint density at radius 2 is 0.800 bits per heavy atom. The number of aliphatic carboxylic acids is 1. The van der Waals surface area contributed by atoms with E-state index in [0.29, 0.717) is 0 Å². The Bertz CT molecular complexity index is 407. The molecule has 0 aromatic carbocycles. The summed E-state index contributed by atoms with van der Waals surface area (Å²) in [6.07, 6.45) is 25.6. The van der Waals surface area contributed by atoms with Crippen molar-refractivity contribution < 1.29 is 25.2 Å². The molecule has 0 aliphatic carbocycles. The average molecular weight is 503 g/mol. The van der Waals surface area contributed by atoms with Crippen LogP contribution in [0.3, 0.4) is 0 Å². The lowest BCUT2D eigenvalue weighted by Crippen LogP contribution is -2.31. The van der Waals surface area contributed by atoms with E-state index in [4.69, 9.17) is 15.3 Å². The molecule has 5 nitrogen and oxygen atoms in total. The summed E-state index contributed by atoms with van der Waals surface area (Å²) in [7, 11) is 0. The monoisotopic (exact) mass is 502 g/mol. The Hall–Kier alpha value is -0.650. The molecule has 0 fully saturated rings. The molecule has 0 saturated carbocycles. The van der Waals surface area contributed by atoms with Crippen molar-refractivity contribution in [3.05, 3.63) is 0 Å². The van der Waals surface area contributed by atoms with Gasteiger partial charge in [-0.1, -0.05) is 143 Å². The predicted molar refractivity (Wildman–Crippen MR) is 149 cm³/mol. The van der Waals surface area contributed by atoms with Crippen LogP contribution in [0.5, 0.6) is 0 Å². The zero-order valence-electron chi connectivity index (χ0n) is 23.7. The highest BCUT2D eigenvalue weighted by atomic mass is 16.4. The molecular weight excluding hydrogens is 440 g/mol. The van der Waals surface area contributed by atoms with Crippen molar-refractivity contribution in [2.45, 2.75) is 168 Å². The summed E-state index contributed by atoms with van der Waals surface area (Å²) in [5, 5.41) is 34.2. The van der Waals surface area contributed by atoms with E-state index in [2.05, 4.69) is 20.8 Å². The van der Waals surface area contributed by atoms with Crippen molar-refractivity contribution in [3.63, 3.8) is 0 Å². The molecular formula is C30H62O5. The Morgan fingerprint density at radius 1 is 0.543 bits per heavy atom. The molecule has 0 amide bonds. The number of aliphatic hydroxyl groups excluding tert-OH is 3. The van der Waals surface area contributed by atoms with Gasteiger partial charge in [0, 0.05) is 0 Å². The first-order valence-electron chi connectivity index (χ1n) is 15.1. The van der Waals surface area contributed by atoms with Gasteiger partial charge in [-0.3, -0.25) is 4.79 Å². The van der Waals surface area contributed by atoms with Crippen molar-refractivity contribution in [1.82, 2.24) is 0 Å². The minimum Gasteiger partial charge on any atom is -0.481 e. The van der Waals surface area contributed by atoms with Gasteiger partial charge >= 0.3 is 5.97 Å². The number of rotatable bonds is 25. The lowest BCUT2D eigenvalue weighted by atomic mass is 9.74. The SMILES string of the molecule is CCCCCCCCCC(CCCCCCCC)(CCCCCCCC)C(=O)O.OCC(O)CO. The predicted octanol–water partition coefficient (Wildman–Crippen LogP) is 8.03. The zero-order chi connectivity index (χ0) is 26.6. The molecule has 5 heteroatoms. The third-order valence-corrected chi connectivity index (χ3v) is 7.15. The fourth-order valence-corrected chi connectivity index (χ4v) is 4.66. The smallest absolute Gasteiger partial charge is 0.309 e. The van der Waals surface area contributed by atoms with Gasteiger partial charge in [0.05, 0.1) is 18.6 Å². The summed E-state index contributed by atoms with van der Waals surface area (Å²) in [5.74, 6) is -0.509. The Balaban J connectivity index is 0. The number of hydrogen-bond donors (Lipinski definition) is 4. The van der Waals surface area contributed by atoms with Crippen LogP contribution >= 0.6 is 0 Å². The summed E-state index contributed by atoms with van der Waals surface area (Å²) in [6, 6.07) is 0. The minimum absolute atomic E-state index is 0.365. The van der Waals surface area contributed by atoms with Gasteiger partial charge in [0.2, 0.25) is 0 Å². The fraction of sp³-hybridized carbons (Fsp3) is 0.967. The molecule has 212 valence electrons. The Kier molecular flexibility index (Phi) is 29.1. The van der Waals surface area contributed by atoms with Crippen molar-refractivity contribution in [3.8, 4) is 0 Å². The first-order valence-corrected chi connectivity index (χ1v) is 15.1. The highest BCUT2D eigenvalue weighted by molar-refractivity contribution is 5.74. The quantitative estimate of drug-likeness (QED) is 0.0947. The Labute approximate surface area is 218 Å². The third kappa shape index (κ3) is 23.5. The van der Waals surface area contributed by atoms with Gasteiger partial charge in [-0.2, -0.15) is 0 Å². The molecule has 0 unspecified atom stereocenters. The number of carbonyl (C=O) groups is 1. The molecule has 0 saturated heterocycles. The van der Waals surface area contributed by atoms with Gasteiger partial charge < -0.3 is 20.4 Å². The molecule has 35 heavy (non-hydrogen) atoms. The Morgan fingerprint density at radius 3 is 1.00 bits per heavy atom. The molecule has 0 aromatic rings. The molecule has 4 N–H and O–H groups in total. The zero-order valence-corrected chi connectivity index (χ0v) is 23.7. The first-order chi connectivity index (χ1) is 16.9. The van der Waals surface area contributed by atoms with E-state index in [1.807, 2.05) is 0 Å². The maximum absolute atomic E-state index is 12.4. The molecule has 0 aromatic heterocycles. The van der Waals surface area contributed by atoms with Gasteiger partial charge in [-0.25, -0.2) is 0 Å². The highest BCUT2D eigenvalue weighted by Crippen LogP contribution is 2.38. The van der Waals surface area contributed by atoms with E-state index >= 15 is 0 Å². The van der Waals surface area contributed by atoms with Crippen LogP contribution in [-0.2, 0) is 4.79 Å². The molecule has 0 bridgehead atoms. The largest absolute Gasteiger partial charge is 0.481 e. The minimum atomic E-state index is -0.954. The van der Waals surface area contributed by atoms with Crippen LogP contribution in [0.15, 0.2) is 0 Å². The normalized spacial score (nSPS) is 11.5. The van der Waals surface area contributed by atoms with Crippen molar-refractivity contribution in [1.29, 1.82) is 0 Å². The summed E-state index contributed by atoms with van der Waals surface area (Å²) < 4.78 is 0. The molecule has 0 spiro atoms. The highest BCUT2D eigenvalue weighted by Gasteiger charge is 2.36. The van der Waals surface area contributed by atoms with E-state index in [-0.39, 0.29) is 13.2 Å². The lowest BCUT2D eigenvalue weighted by Gasteiger charge is -2.30. The van der Waals surface area contributed by atoms with Crippen LogP contribution < -0.4 is 0 Å². The summed E-state index contributed by atoms with van der Waals surface area (Å²) in [4.78, 5) is 12.4.